The summed E-state index contributed by atoms with van der Waals surface area (Å²) in [6.45, 7) is -1.21. The van der Waals surface area contributed by atoms with Gasteiger partial charge in [0.15, 0.2) is 6.10 Å². The number of hydrogen-bond donors (Lipinski definition) is 5. The molecule has 0 saturated carbocycles. The first-order valence-electron chi connectivity index (χ1n) is 15.6. The molecule has 0 amide bonds. The van der Waals surface area contributed by atoms with Crippen LogP contribution >= 0.6 is 0 Å². The summed E-state index contributed by atoms with van der Waals surface area (Å²) in [5.41, 5.74) is 11.3. The Morgan fingerprint density at radius 1 is 0.667 bits per heavy atom. The van der Waals surface area contributed by atoms with Gasteiger partial charge in [-0.05, 0) is 46.0 Å². The third-order valence-corrected chi connectivity index (χ3v) is 8.00. The molecule has 8 heteroatoms. The highest BCUT2D eigenvalue weighted by Crippen LogP contribution is 2.37. The van der Waals surface area contributed by atoms with Crippen molar-refractivity contribution in [1.82, 2.24) is 0 Å². The number of benzene rings is 5. The van der Waals surface area contributed by atoms with Crippen LogP contribution in [0, 0.1) is 0 Å². The predicted molar refractivity (Wildman–Crippen MR) is 187 cm³/mol. The largest absolute Gasteiger partial charge is 0.478 e. The zero-order valence-electron chi connectivity index (χ0n) is 26.4. The number of para-hydroxylation sites is 1. The number of aliphatic carboxylic acids is 1. The minimum Gasteiger partial charge on any atom is -0.478 e. The van der Waals surface area contributed by atoms with E-state index in [9.17, 15) is 9.90 Å². The Kier molecular flexibility index (Phi) is 11.4. The molecule has 0 bridgehead atoms. The lowest BCUT2D eigenvalue weighted by Gasteiger charge is -2.20. The Hall–Kier alpha value is -5.25. The molecule has 0 spiro atoms. The van der Waals surface area contributed by atoms with E-state index in [2.05, 4.69) is 42.5 Å². The third kappa shape index (κ3) is 8.56. The van der Waals surface area contributed by atoms with Gasteiger partial charge in [-0.1, -0.05) is 115 Å². The van der Waals surface area contributed by atoms with Crippen molar-refractivity contribution in [2.45, 2.75) is 24.5 Å². The van der Waals surface area contributed by atoms with Gasteiger partial charge in [0.05, 0.1) is 25.4 Å². The molecule has 6 rings (SSSR count). The van der Waals surface area contributed by atoms with E-state index in [0.717, 1.165) is 51.0 Å². The minimum absolute atomic E-state index is 0.300. The molecule has 1 atom stereocenters. The standard InChI is InChI=1S/C36H28O4.C4H11NO3/c37-36(38)34(24-26-11-5-2-6-12-26)39-30-21-19-28(20-22-30)27-15-17-29(18-16-27)35-31-13-7-8-14-32(31)40-33(35)23-25-9-3-1-4-10-25;5-4(1-6,2-7)3-8/h1-22,34H,23-24H2,(H,37,38);6-8H,1-3,5H2/t34-;/m0./s1. The maximum Gasteiger partial charge on any atom is 0.345 e. The normalized spacial score (nSPS) is 11.8. The highest BCUT2D eigenvalue weighted by Gasteiger charge is 2.21. The number of rotatable bonds is 12. The van der Waals surface area contributed by atoms with Crippen LogP contribution in [0.2, 0.25) is 0 Å². The fraction of sp³-hybridized carbons (Fsp3) is 0.175. The fourth-order valence-electron chi connectivity index (χ4n) is 5.20. The summed E-state index contributed by atoms with van der Waals surface area (Å²) >= 11 is 0. The van der Waals surface area contributed by atoms with Crippen molar-refractivity contribution in [3.05, 3.63) is 150 Å². The Morgan fingerprint density at radius 2 is 1.17 bits per heavy atom. The van der Waals surface area contributed by atoms with E-state index in [1.165, 1.54) is 5.56 Å². The van der Waals surface area contributed by atoms with Gasteiger partial charge in [0.25, 0.3) is 0 Å². The van der Waals surface area contributed by atoms with E-state index in [1.807, 2.05) is 91.0 Å². The maximum absolute atomic E-state index is 11.8. The molecule has 1 heterocycles. The van der Waals surface area contributed by atoms with E-state index >= 15 is 0 Å². The molecule has 5 aromatic carbocycles. The van der Waals surface area contributed by atoms with Gasteiger partial charge in [-0.3, -0.25) is 0 Å². The Bertz CT molecular complexity index is 1870. The maximum atomic E-state index is 11.8. The van der Waals surface area contributed by atoms with Crippen LogP contribution in [0.5, 0.6) is 5.75 Å². The number of carboxylic acids is 1. The summed E-state index contributed by atoms with van der Waals surface area (Å²) in [4.78, 5) is 11.8. The van der Waals surface area contributed by atoms with Crippen LogP contribution in [0.4, 0.5) is 0 Å². The number of carbonyl (C=O) groups is 1. The van der Waals surface area contributed by atoms with Crippen molar-refractivity contribution in [1.29, 1.82) is 0 Å². The van der Waals surface area contributed by atoms with Crippen LogP contribution in [0.25, 0.3) is 33.2 Å². The van der Waals surface area contributed by atoms with Crippen molar-refractivity contribution >= 4 is 16.9 Å². The van der Waals surface area contributed by atoms with Crippen molar-refractivity contribution in [2.24, 2.45) is 5.73 Å². The SMILES string of the molecule is NC(CO)(CO)CO.O=C(O)[C@H](Cc1ccccc1)Oc1ccc(-c2ccc(-c3c(Cc4ccccc4)oc4ccccc34)cc2)cc1. The van der Waals surface area contributed by atoms with Crippen LogP contribution < -0.4 is 10.5 Å². The minimum atomic E-state index is -1.21. The van der Waals surface area contributed by atoms with Gasteiger partial charge in [-0.15, -0.1) is 0 Å². The Labute approximate surface area is 279 Å². The number of aliphatic hydroxyl groups excluding tert-OH is 3. The molecule has 0 saturated heterocycles. The van der Waals surface area contributed by atoms with Crippen LogP contribution in [-0.2, 0) is 17.6 Å². The second-order valence-corrected chi connectivity index (χ2v) is 11.6. The van der Waals surface area contributed by atoms with E-state index in [1.54, 1.807) is 0 Å². The molecule has 0 aliphatic heterocycles. The first-order chi connectivity index (χ1) is 23.3. The first-order valence-corrected chi connectivity index (χ1v) is 15.6. The molecule has 1 aromatic heterocycles. The smallest absolute Gasteiger partial charge is 0.345 e. The average molecular weight is 646 g/mol. The van der Waals surface area contributed by atoms with E-state index in [-0.39, 0.29) is 0 Å². The first kappa shape index (κ1) is 34.1. The van der Waals surface area contributed by atoms with Crippen molar-refractivity contribution < 1.29 is 34.4 Å². The number of carboxylic acid groups (broad SMARTS) is 1. The number of hydrogen-bond acceptors (Lipinski definition) is 7. The highest BCUT2D eigenvalue weighted by atomic mass is 16.5. The van der Waals surface area contributed by atoms with Crippen LogP contribution in [0.3, 0.4) is 0 Å². The van der Waals surface area contributed by atoms with Gasteiger partial charge in [0.1, 0.15) is 17.1 Å². The molecule has 8 nitrogen and oxygen atoms in total. The summed E-state index contributed by atoms with van der Waals surface area (Å²) in [6.07, 6.45) is 0.0618. The molecular weight excluding hydrogens is 606 g/mol. The van der Waals surface area contributed by atoms with Crippen molar-refractivity contribution in [3.63, 3.8) is 0 Å². The number of nitrogens with two attached hydrogens (primary N) is 1. The van der Waals surface area contributed by atoms with Crippen molar-refractivity contribution in [3.8, 4) is 28.0 Å². The quantitative estimate of drug-likeness (QED) is 0.107. The van der Waals surface area contributed by atoms with Gasteiger partial charge >= 0.3 is 5.97 Å². The lowest BCUT2D eigenvalue weighted by Crippen LogP contribution is -2.50. The van der Waals surface area contributed by atoms with Crippen LogP contribution in [0.1, 0.15) is 16.9 Å². The molecule has 0 aliphatic carbocycles. The lowest BCUT2D eigenvalue weighted by atomic mass is 9.96. The highest BCUT2D eigenvalue weighted by molar-refractivity contribution is 5.96. The van der Waals surface area contributed by atoms with Gasteiger partial charge in [-0.25, -0.2) is 4.79 Å². The monoisotopic (exact) mass is 645 g/mol. The summed E-state index contributed by atoms with van der Waals surface area (Å²) in [5, 5.41) is 35.8. The van der Waals surface area contributed by atoms with E-state index in [0.29, 0.717) is 12.2 Å². The summed E-state index contributed by atoms with van der Waals surface area (Å²) in [7, 11) is 0. The molecule has 246 valence electrons. The molecule has 48 heavy (non-hydrogen) atoms. The molecule has 0 radical (unpaired) electrons. The number of ether oxygens (including phenoxy) is 1. The number of aliphatic hydroxyl groups is 3. The van der Waals surface area contributed by atoms with Gasteiger partial charge in [0, 0.05) is 23.8 Å². The molecule has 6 aromatic rings. The number of furan rings is 1. The molecule has 0 aliphatic rings. The van der Waals surface area contributed by atoms with Gasteiger partial charge < -0.3 is 35.3 Å². The summed E-state index contributed by atoms with van der Waals surface area (Å²) in [5.74, 6) is 0.492. The zero-order chi connectivity index (χ0) is 33.9. The van der Waals surface area contributed by atoms with E-state index in [4.69, 9.17) is 30.2 Å². The topological polar surface area (TPSA) is 146 Å². The fourth-order valence-corrected chi connectivity index (χ4v) is 5.20. The Morgan fingerprint density at radius 3 is 1.71 bits per heavy atom. The predicted octanol–water partition coefficient (Wildman–Crippen LogP) is 6.09. The Balaban J connectivity index is 0.000000503. The lowest BCUT2D eigenvalue weighted by molar-refractivity contribution is -0.145. The molecule has 6 N–H and O–H groups in total. The van der Waals surface area contributed by atoms with E-state index < -0.39 is 37.4 Å². The van der Waals surface area contributed by atoms with Crippen LogP contribution in [0.15, 0.2) is 138 Å². The molecule has 0 fully saturated rings. The second kappa shape index (κ2) is 16.0. The van der Waals surface area contributed by atoms with Crippen molar-refractivity contribution in [2.75, 3.05) is 19.8 Å². The summed E-state index contributed by atoms with van der Waals surface area (Å²) in [6, 6.07) is 44.1. The summed E-state index contributed by atoms with van der Waals surface area (Å²) < 4.78 is 12.1. The zero-order valence-corrected chi connectivity index (χ0v) is 26.4. The average Bonchev–Trinajstić information content (AvgIpc) is 3.50. The number of fused-ring (bicyclic) bond motifs is 1. The van der Waals surface area contributed by atoms with Gasteiger partial charge in [0.2, 0.25) is 0 Å². The van der Waals surface area contributed by atoms with Crippen LogP contribution in [-0.4, -0.2) is 57.9 Å². The second-order valence-electron chi connectivity index (χ2n) is 11.6. The third-order valence-electron chi connectivity index (χ3n) is 8.00. The van der Waals surface area contributed by atoms with Gasteiger partial charge in [-0.2, -0.15) is 0 Å². The molecular formula is C40H39NO7. The molecule has 0 unspecified atom stereocenters.